The first kappa shape index (κ1) is 11.7. The molecule has 1 N–H and O–H groups in total. The highest BCUT2D eigenvalue weighted by atomic mass is 32.2. The monoisotopic (exact) mass is 238 g/mol. The number of thioether (sulfide) groups is 1. The number of fused-ring (bicyclic) bond motifs is 1. The van der Waals surface area contributed by atoms with Crippen molar-refractivity contribution in [2.75, 3.05) is 5.75 Å². The van der Waals surface area contributed by atoms with E-state index in [0.29, 0.717) is 5.92 Å². The third kappa shape index (κ3) is 2.67. The molecule has 0 unspecified atom stereocenters. The Labute approximate surface area is 100 Å². The molecule has 88 valence electrons. The van der Waals surface area contributed by atoms with E-state index in [1.165, 1.54) is 12.0 Å². The van der Waals surface area contributed by atoms with Gasteiger partial charge in [0.2, 0.25) is 0 Å². The van der Waals surface area contributed by atoms with Gasteiger partial charge in [0.05, 0.1) is 0 Å². The van der Waals surface area contributed by atoms with Crippen LogP contribution in [0.25, 0.3) is 0 Å². The zero-order chi connectivity index (χ0) is 11.5. The Morgan fingerprint density at radius 2 is 2.25 bits per heavy atom. The summed E-state index contributed by atoms with van der Waals surface area (Å²) < 4.78 is 0. The highest BCUT2D eigenvalue weighted by molar-refractivity contribution is 7.99. The molecule has 1 aliphatic carbocycles. The van der Waals surface area contributed by atoms with Crippen LogP contribution in [0.4, 0.5) is 0 Å². The van der Waals surface area contributed by atoms with Gasteiger partial charge in [-0.1, -0.05) is 13.8 Å². The Balaban J connectivity index is 2.11. The number of aromatic nitrogens is 2. The normalized spacial score (nSPS) is 14.4. The van der Waals surface area contributed by atoms with E-state index in [2.05, 4.69) is 23.8 Å². The van der Waals surface area contributed by atoms with E-state index in [1.807, 2.05) is 0 Å². The molecular weight excluding hydrogens is 220 g/mol. The first-order chi connectivity index (χ1) is 7.66. The molecule has 0 aliphatic heterocycles. The molecular formula is C12H18N2OS. The van der Waals surface area contributed by atoms with Crippen molar-refractivity contribution < 1.29 is 0 Å². The summed E-state index contributed by atoms with van der Waals surface area (Å²) in [5.41, 5.74) is 2.22. The number of hydrogen-bond donors (Lipinski definition) is 1. The van der Waals surface area contributed by atoms with Crippen molar-refractivity contribution >= 4 is 11.8 Å². The summed E-state index contributed by atoms with van der Waals surface area (Å²) in [5.74, 6) is 1.77. The lowest BCUT2D eigenvalue weighted by molar-refractivity contribution is 0.631. The molecule has 0 spiro atoms. The van der Waals surface area contributed by atoms with Crippen molar-refractivity contribution in [1.29, 1.82) is 0 Å². The molecule has 0 aromatic carbocycles. The van der Waals surface area contributed by atoms with Gasteiger partial charge in [0.1, 0.15) is 5.03 Å². The van der Waals surface area contributed by atoms with Gasteiger partial charge in [-0.05, 0) is 37.4 Å². The van der Waals surface area contributed by atoms with E-state index in [9.17, 15) is 4.79 Å². The summed E-state index contributed by atoms with van der Waals surface area (Å²) in [6, 6.07) is 0. The minimum absolute atomic E-state index is 0.187. The van der Waals surface area contributed by atoms with Crippen molar-refractivity contribution in [3.05, 3.63) is 21.7 Å². The van der Waals surface area contributed by atoms with Crippen LogP contribution in [0.1, 0.15) is 37.9 Å². The Bertz CT molecular complexity index is 426. The molecule has 0 atom stereocenters. The molecule has 1 aromatic heterocycles. The third-order valence-corrected chi connectivity index (χ3v) is 3.92. The number of aryl methyl sites for hydroxylation is 1. The van der Waals surface area contributed by atoms with Crippen molar-refractivity contribution in [2.24, 2.45) is 5.92 Å². The maximum absolute atomic E-state index is 11.4. The molecule has 4 heteroatoms. The maximum Gasteiger partial charge on any atom is 0.346 e. The molecule has 0 amide bonds. The summed E-state index contributed by atoms with van der Waals surface area (Å²) in [6.07, 6.45) is 4.40. The minimum atomic E-state index is -0.187. The Morgan fingerprint density at radius 3 is 3.00 bits per heavy atom. The number of nitrogens with zero attached hydrogens (tertiary/aromatic N) is 1. The van der Waals surface area contributed by atoms with Crippen molar-refractivity contribution in [1.82, 2.24) is 9.97 Å². The van der Waals surface area contributed by atoms with Gasteiger partial charge in [-0.3, -0.25) is 0 Å². The molecule has 0 bridgehead atoms. The smallest absolute Gasteiger partial charge is 0.309 e. The molecule has 0 saturated heterocycles. The van der Waals surface area contributed by atoms with Crippen LogP contribution in [0.5, 0.6) is 0 Å². The van der Waals surface area contributed by atoms with Gasteiger partial charge in [0, 0.05) is 11.3 Å². The Hall–Kier alpha value is -0.770. The molecule has 0 saturated carbocycles. The predicted molar refractivity (Wildman–Crippen MR) is 67.1 cm³/mol. The second kappa shape index (κ2) is 5.04. The topological polar surface area (TPSA) is 45.8 Å². The van der Waals surface area contributed by atoms with Gasteiger partial charge in [0.25, 0.3) is 0 Å². The molecule has 16 heavy (non-hydrogen) atoms. The molecule has 1 heterocycles. The first-order valence-corrected chi connectivity index (χ1v) is 6.90. The van der Waals surface area contributed by atoms with E-state index in [0.717, 1.165) is 35.7 Å². The van der Waals surface area contributed by atoms with E-state index in [-0.39, 0.29) is 5.69 Å². The lowest BCUT2D eigenvalue weighted by Gasteiger charge is -2.07. The lowest BCUT2D eigenvalue weighted by Crippen LogP contribution is -2.14. The van der Waals surface area contributed by atoms with Crippen molar-refractivity contribution in [3.63, 3.8) is 0 Å². The third-order valence-electron chi connectivity index (χ3n) is 2.87. The fraction of sp³-hybridized carbons (Fsp3) is 0.667. The number of H-pyrrole nitrogens is 1. The number of rotatable bonds is 4. The van der Waals surface area contributed by atoms with Gasteiger partial charge < -0.3 is 4.98 Å². The second-order valence-electron chi connectivity index (χ2n) is 4.69. The zero-order valence-corrected chi connectivity index (χ0v) is 10.7. The second-order valence-corrected chi connectivity index (χ2v) is 5.77. The van der Waals surface area contributed by atoms with Crippen LogP contribution in [0.2, 0.25) is 0 Å². The fourth-order valence-corrected chi connectivity index (χ4v) is 3.27. The summed E-state index contributed by atoms with van der Waals surface area (Å²) in [4.78, 5) is 18.3. The highest BCUT2D eigenvalue weighted by Gasteiger charge is 2.17. The van der Waals surface area contributed by atoms with E-state index in [4.69, 9.17) is 0 Å². The van der Waals surface area contributed by atoms with Crippen LogP contribution in [0.3, 0.4) is 0 Å². The highest BCUT2D eigenvalue weighted by Crippen LogP contribution is 2.28. The quantitative estimate of drug-likeness (QED) is 0.647. The van der Waals surface area contributed by atoms with Crippen LogP contribution >= 0.6 is 11.8 Å². The summed E-state index contributed by atoms with van der Waals surface area (Å²) >= 11 is 1.74. The minimum Gasteiger partial charge on any atom is -0.309 e. The van der Waals surface area contributed by atoms with Gasteiger partial charge in [-0.25, -0.2) is 4.79 Å². The summed E-state index contributed by atoms with van der Waals surface area (Å²) in [5, 5.41) is 0.969. The average Bonchev–Trinajstić information content (AvgIpc) is 2.64. The average molecular weight is 238 g/mol. The lowest BCUT2D eigenvalue weighted by atomic mass is 10.2. The molecule has 0 radical (unpaired) electrons. The largest absolute Gasteiger partial charge is 0.346 e. The fourth-order valence-electron chi connectivity index (χ4n) is 1.95. The van der Waals surface area contributed by atoms with Gasteiger partial charge in [-0.15, -0.1) is 11.8 Å². The van der Waals surface area contributed by atoms with Crippen molar-refractivity contribution in [2.45, 2.75) is 44.6 Å². The Morgan fingerprint density at radius 1 is 1.44 bits per heavy atom. The molecule has 1 aromatic rings. The first-order valence-electron chi connectivity index (χ1n) is 5.91. The Kier molecular flexibility index (Phi) is 3.69. The van der Waals surface area contributed by atoms with Gasteiger partial charge in [0.15, 0.2) is 0 Å². The molecule has 3 nitrogen and oxygen atoms in total. The SMILES string of the molecule is CC(C)CCSc1nc(=O)[nH]c2c1CCC2. The number of aromatic amines is 1. The number of hydrogen-bond acceptors (Lipinski definition) is 3. The zero-order valence-electron chi connectivity index (χ0n) is 9.88. The van der Waals surface area contributed by atoms with E-state index in [1.54, 1.807) is 11.8 Å². The van der Waals surface area contributed by atoms with Crippen LogP contribution in [-0.2, 0) is 12.8 Å². The van der Waals surface area contributed by atoms with Gasteiger partial charge >= 0.3 is 5.69 Å². The standard InChI is InChI=1S/C12H18N2OS/c1-8(2)6-7-16-11-9-4-3-5-10(9)13-12(15)14-11/h8H,3-7H2,1-2H3,(H,13,14,15). The maximum atomic E-state index is 11.4. The summed E-state index contributed by atoms with van der Waals surface area (Å²) in [6.45, 7) is 4.44. The number of nitrogens with one attached hydrogen (secondary N) is 1. The van der Waals surface area contributed by atoms with E-state index >= 15 is 0 Å². The summed E-state index contributed by atoms with van der Waals surface area (Å²) in [7, 11) is 0. The molecule has 1 aliphatic rings. The van der Waals surface area contributed by atoms with Crippen LogP contribution in [-0.4, -0.2) is 15.7 Å². The van der Waals surface area contributed by atoms with Crippen LogP contribution < -0.4 is 5.69 Å². The predicted octanol–water partition coefficient (Wildman–Crippen LogP) is 2.40. The van der Waals surface area contributed by atoms with E-state index < -0.39 is 0 Å². The van der Waals surface area contributed by atoms with Crippen LogP contribution in [0, 0.1) is 5.92 Å². The van der Waals surface area contributed by atoms with Gasteiger partial charge in [-0.2, -0.15) is 4.98 Å². The molecule has 0 fully saturated rings. The van der Waals surface area contributed by atoms with Crippen molar-refractivity contribution in [3.8, 4) is 0 Å². The molecule has 2 rings (SSSR count). The van der Waals surface area contributed by atoms with Crippen LogP contribution in [0.15, 0.2) is 9.82 Å².